The third-order valence-corrected chi connectivity index (χ3v) is 8.11. The van der Waals surface area contributed by atoms with Crippen molar-refractivity contribution in [3.8, 4) is 0 Å². The number of carbonyl (C=O) groups excluding carboxylic acids is 8. The number of carboxylic acid groups (broad SMARTS) is 3. The highest BCUT2D eigenvalue weighted by Gasteiger charge is 2.38. The van der Waals surface area contributed by atoms with E-state index in [0.29, 0.717) is 12.8 Å². The van der Waals surface area contributed by atoms with Gasteiger partial charge in [-0.05, 0) is 37.5 Å². The summed E-state index contributed by atoms with van der Waals surface area (Å²) in [6, 6.07) is -8.64. The average Bonchev–Trinajstić information content (AvgIpc) is 3.07. The smallest absolute Gasteiger partial charge is 0.305 e. The number of Topliss-reactive ketones (excluding diaryl/α,β-unsaturated/α-hetero) is 1. The first-order chi connectivity index (χ1) is 25.8. The molecule has 7 amide bonds. The van der Waals surface area contributed by atoms with Crippen LogP contribution in [-0.4, -0.2) is 117 Å². The van der Waals surface area contributed by atoms with E-state index in [-0.39, 0.29) is 18.8 Å². The summed E-state index contributed by atoms with van der Waals surface area (Å²) < 4.78 is 0. The average molecular weight is 800 g/mol. The number of ketones is 1. The van der Waals surface area contributed by atoms with Crippen molar-refractivity contribution < 1.29 is 68.1 Å². The Morgan fingerprint density at radius 1 is 0.571 bits per heavy atom. The molecule has 0 aliphatic rings. The van der Waals surface area contributed by atoms with Crippen molar-refractivity contribution in [1.82, 2.24) is 31.9 Å². The van der Waals surface area contributed by atoms with E-state index >= 15 is 0 Å². The van der Waals surface area contributed by atoms with Gasteiger partial charge in [0.1, 0.15) is 30.2 Å². The van der Waals surface area contributed by atoms with Gasteiger partial charge in [-0.2, -0.15) is 0 Å². The lowest BCUT2D eigenvalue weighted by Gasteiger charge is -2.33. The molecule has 6 unspecified atom stereocenters. The summed E-state index contributed by atoms with van der Waals surface area (Å²) in [7, 11) is 0. The van der Waals surface area contributed by atoms with Gasteiger partial charge in [0, 0.05) is 12.8 Å². The molecule has 0 spiro atoms. The number of nitrogens with one attached hydrogen (secondary N) is 6. The van der Waals surface area contributed by atoms with Crippen molar-refractivity contribution in [3.63, 3.8) is 0 Å². The Hall–Kier alpha value is -5.63. The van der Waals surface area contributed by atoms with E-state index in [0.717, 1.165) is 0 Å². The summed E-state index contributed by atoms with van der Waals surface area (Å²) >= 11 is 0. The van der Waals surface area contributed by atoms with Crippen LogP contribution < -0.4 is 37.6 Å². The molecule has 0 saturated heterocycles. The molecule has 0 rings (SSSR count). The second-order valence-corrected chi connectivity index (χ2v) is 14.8. The SMILES string of the molecule is CCCCC(NC(=O)C(CC(C)C)NC(=O)C(NC(=O)C(C)NC(=O)C(CCC(=O)O)NC(=O)C(CC(=O)O)NC(=O)CCC(=O)O)C(C)(C)C)C(=O)C(N)=O. The van der Waals surface area contributed by atoms with E-state index in [2.05, 4.69) is 31.9 Å². The van der Waals surface area contributed by atoms with Gasteiger partial charge in [-0.3, -0.25) is 52.7 Å². The van der Waals surface area contributed by atoms with Crippen LogP contribution in [0.4, 0.5) is 0 Å². The number of primary amides is 1. The Labute approximate surface area is 324 Å². The van der Waals surface area contributed by atoms with E-state index in [1.807, 2.05) is 6.92 Å². The van der Waals surface area contributed by atoms with Crippen molar-refractivity contribution in [2.24, 2.45) is 17.1 Å². The first kappa shape index (κ1) is 50.4. The lowest BCUT2D eigenvalue weighted by molar-refractivity contribution is -0.142. The van der Waals surface area contributed by atoms with Crippen molar-refractivity contribution >= 4 is 65.0 Å². The molecule has 316 valence electrons. The highest BCUT2D eigenvalue weighted by Crippen LogP contribution is 2.20. The van der Waals surface area contributed by atoms with Gasteiger partial charge in [0.15, 0.2) is 0 Å². The Morgan fingerprint density at radius 3 is 1.57 bits per heavy atom. The van der Waals surface area contributed by atoms with Crippen LogP contribution in [0.15, 0.2) is 0 Å². The van der Waals surface area contributed by atoms with Gasteiger partial charge >= 0.3 is 17.9 Å². The Balaban J connectivity index is 6.12. The molecule has 0 radical (unpaired) electrons. The Morgan fingerprint density at radius 2 is 1.09 bits per heavy atom. The number of unbranched alkanes of at least 4 members (excludes halogenated alkanes) is 1. The van der Waals surface area contributed by atoms with Crippen LogP contribution in [0.25, 0.3) is 0 Å². The first-order valence-corrected chi connectivity index (χ1v) is 18.1. The Bertz CT molecular complexity index is 1480. The zero-order valence-corrected chi connectivity index (χ0v) is 32.8. The summed E-state index contributed by atoms with van der Waals surface area (Å²) in [5.74, 6) is -12.4. The second kappa shape index (κ2) is 24.0. The zero-order valence-electron chi connectivity index (χ0n) is 32.8. The van der Waals surface area contributed by atoms with E-state index < -0.39 is 139 Å². The number of rotatable bonds is 26. The minimum absolute atomic E-state index is 0.100. The molecule has 0 saturated carbocycles. The predicted octanol–water partition coefficient (Wildman–Crippen LogP) is -1.54. The molecule has 6 atom stereocenters. The maximum atomic E-state index is 13.7. The molecular weight excluding hydrogens is 742 g/mol. The molecule has 0 aromatic heterocycles. The predicted molar refractivity (Wildman–Crippen MR) is 196 cm³/mol. The van der Waals surface area contributed by atoms with Crippen LogP contribution in [0, 0.1) is 11.3 Å². The molecule has 11 N–H and O–H groups in total. The standard InChI is InChI=1S/C35H57N7O14/c1-8-9-10-19(27(50)29(36)51)39-32(54)21(15-17(2)3)41-34(56)28(35(5,6)7)42-30(52)18(4)37-31(53)20(11-13-24(44)45)40-33(55)22(16-26(48)49)38-23(43)12-14-25(46)47/h17-22,28H,8-16H2,1-7H3,(H2,36,51)(H,37,53)(H,38,43)(H,39,54)(H,40,55)(H,41,56)(H,42,52)(H,44,45)(H,46,47)(H,48,49). The van der Waals surface area contributed by atoms with Crippen LogP contribution in [-0.2, 0) is 52.7 Å². The molecule has 21 nitrogen and oxygen atoms in total. The number of carboxylic acids is 3. The van der Waals surface area contributed by atoms with E-state index in [4.69, 9.17) is 10.8 Å². The molecule has 21 heteroatoms. The summed E-state index contributed by atoms with van der Waals surface area (Å²) in [6.07, 6.45) is -2.02. The van der Waals surface area contributed by atoms with Crippen molar-refractivity contribution in [3.05, 3.63) is 0 Å². The van der Waals surface area contributed by atoms with Gasteiger partial charge < -0.3 is 53.0 Å². The lowest BCUT2D eigenvalue weighted by Crippen LogP contribution is -2.61. The first-order valence-electron chi connectivity index (χ1n) is 18.1. The third kappa shape index (κ3) is 19.6. The monoisotopic (exact) mass is 799 g/mol. The molecule has 0 aromatic carbocycles. The lowest BCUT2D eigenvalue weighted by atomic mass is 9.85. The topological polar surface area (TPSA) is 347 Å². The molecule has 0 aliphatic carbocycles. The van der Waals surface area contributed by atoms with Gasteiger partial charge in [-0.25, -0.2) is 0 Å². The van der Waals surface area contributed by atoms with E-state index in [1.165, 1.54) is 6.92 Å². The highest BCUT2D eigenvalue weighted by molar-refractivity contribution is 6.37. The number of amides is 7. The van der Waals surface area contributed by atoms with Crippen LogP contribution in [0.1, 0.15) is 106 Å². The number of hydrogen-bond donors (Lipinski definition) is 10. The van der Waals surface area contributed by atoms with E-state index in [1.54, 1.807) is 34.6 Å². The fraction of sp³-hybridized carbons (Fsp3) is 0.686. The van der Waals surface area contributed by atoms with E-state index in [9.17, 15) is 63.0 Å². The number of carbonyl (C=O) groups is 11. The minimum atomic E-state index is -1.78. The van der Waals surface area contributed by atoms with Crippen LogP contribution in [0.2, 0.25) is 0 Å². The number of hydrogen-bond acceptors (Lipinski definition) is 11. The van der Waals surface area contributed by atoms with Gasteiger partial charge in [-0.1, -0.05) is 54.4 Å². The van der Waals surface area contributed by atoms with Gasteiger partial charge in [0.25, 0.3) is 5.91 Å². The molecule has 56 heavy (non-hydrogen) atoms. The summed E-state index contributed by atoms with van der Waals surface area (Å²) in [4.78, 5) is 136. The molecule has 0 fully saturated rings. The van der Waals surface area contributed by atoms with Crippen molar-refractivity contribution in [2.75, 3.05) is 0 Å². The van der Waals surface area contributed by atoms with Gasteiger partial charge in [0.2, 0.25) is 41.2 Å². The van der Waals surface area contributed by atoms with Gasteiger partial charge in [-0.15, -0.1) is 0 Å². The fourth-order valence-corrected chi connectivity index (χ4v) is 5.08. The Kier molecular flexibility index (Phi) is 21.6. The highest BCUT2D eigenvalue weighted by atomic mass is 16.4. The summed E-state index contributed by atoms with van der Waals surface area (Å²) in [5, 5.41) is 41.4. The number of aliphatic carboxylic acids is 3. The quantitative estimate of drug-likeness (QED) is 0.0444. The zero-order chi connectivity index (χ0) is 43.5. The minimum Gasteiger partial charge on any atom is -0.481 e. The fourth-order valence-electron chi connectivity index (χ4n) is 5.08. The maximum Gasteiger partial charge on any atom is 0.305 e. The van der Waals surface area contributed by atoms with Crippen LogP contribution >= 0.6 is 0 Å². The van der Waals surface area contributed by atoms with Crippen LogP contribution in [0.3, 0.4) is 0 Å². The number of nitrogens with two attached hydrogens (primary N) is 1. The van der Waals surface area contributed by atoms with Crippen molar-refractivity contribution in [1.29, 1.82) is 0 Å². The maximum absolute atomic E-state index is 13.7. The summed E-state index contributed by atoms with van der Waals surface area (Å²) in [6.45, 7) is 11.4. The normalized spacial score (nSPS) is 14.4. The third-order valence-electron chi connectivity index (χ3n) is 8.11. The second-order valence-electron chi connectivity index (χ2n) is 14.8. The largest absolute Gasteiger partial charge is 0.481 e. The molecule has 0 bridgehead atoms. The van der Waals surface area contributed by atoms with Crippen LogP contribution in [0.5, 0.6) is 0 Å². The molecule has 0 aliphatic heterocycles. The van der Waals surface area contributed by atoms with Crippen molar-refractivity contribution in [2.45, 2.75) is 143 Å². The molecular formula is C35H57N7O14. The molecule has 0 heterocycles. The molecule has 0 aromatic rings. The van der Waals surface area contributed by atoms with Gasteiger partial charge in [0.05, 0.1) is 18.9 Å². The summed E-state index contributed by atoms with van der Waals surface area (Å²) in [5.41, 5.74) is 4.17.